The van der Waals surface area contributed by atoms with Gasteiger partial charge in [0.05, 0.1) is 24.0 Å². The minimum Gasteiger partial charge on any atom is -0.677 e. The van der Waals surface area contributed by atoms with Gasteiger partial charge in [-0.15, -0.1) is 0 Å². The van der Waals surface area contributed by atoms with Crippen molar-refractivity contribution in [1.29, 1.82) is 0 Å². The molecule has 8 saturated carbocycles. The maximum atomic E-state index is 10.9. The Labute approximate surface area is 594 Å². The van der Waals surface area contributed by atoms with Crippen LogP contribution in [-0.2, 0) is 70.8 Å². The Morgan fingerprint density at radius 1 is 0.478 bits per heavy atom. The van der Waals surface area contributed by atoms with Crippen LogP contribution >= 0.6 is 0 Å². The molecule has 0 aromatic rings. The van der Waals surface area contributed by atoms with Gasteiger partial charge in [-0.2, -0.15) is 23.9 Å². The van der Waals surface area contributed by atoms with Gasteiger partial charge < -0.3 is 64.9 Å². The van der Waals surface area contributed by atoms with E-state index in [1.165, 1.54) is 154 Å². The Hall–Kier alpha value is -0.703. The number of hydrogen-bond acceptors (Lipinski definition) is 6. The van der Waals surface area contributed by atoms with Crippen LogP contribution in [0.15, 0.2) is 23.3 Å². The van der Waals surface area contributed by atoms with Crippen LogP contribution in [0.3, 0.4) is 0 Å². The van der Waals surface area contributed by atoms with Crippen molar-refractivity contribution >= 4 is 25.1 Å². The molecule has 0 heterocycles. The zero-order valence-electron chi connectivity index (χ0n) is 58.5. The van der Waals surface area contributed by atoms with Crippen molar-refractivity contribution in [1.82, 2.24) is 0 Å². The number of allylic oxidation sites excluding steroid dienone is 2. The first-order valence-corrected chi connectivity index (χ1v) is 36.6. The average Bonchev–Trinajstić information content (AvgIpc) is 1.36. The molecule has 20 atom stereocenters. The Balaban J connectivity index is 0.000000701. The van der Waals surface area contributed by atoms with Crippen molar-refractivity contribution in [2.75, 3.05) is 13.2 Å². The molecule has 6 N–H and O–H groups in total. The quantitative estimate of drug-likeness (QED) is 0.0447. The maximum absolute atomic E-state index is 10.9. The van der Waals surface area contributed by atoms with Crippen LogP contribution < -0.4 is 0 Å². The zero-order chi connectivity index (χ0) is 62.4. The van der Waals surface area contributed by atoms with Gasteiger partial charge in [-0.05, 0) is 208 Å². The van der Waals surface area contributed by atoms with Crippen molar-refractivity contribution in [2.24, 2.45) is 116 Å². The summed E-state index contributed by atoms with van der Waals surface area (Å²) in [5, 5.41) is 0. The summed E-state index contributed by atoms with van der Waals surface area (Å²) in [4.78, 5) is 43.7. The topological polar surface area (TPSA) is 197 Å². The number of fused-ring (bicyclic) bond motifs is 10. The van der Waals surface area contributed by atoms with Gasteiger partial charge in [-0.1, -0.05) is 197 Å². The van der Waals surface area contributed by atoms with Crippen LogP contribution in [0.1, 0.15) is 290 Å². The molecule has 0 bridgehead atoms. The summed E-state index contributed by atoms with van der Waals surface area (Å²) in [7, 11) is 0. The molecule has 92 heavy (non-hydrogen) atoms. The van der Waals surface area contributed by atoms with Gasteiger partial charge in [-0.25, -0.2) is 0 Å². The first-order valence-electron chi connectivity index (χ1n) is 36.6. The molecule has 0 aromatic carbocycles. The molecule has 8 fully saturated rings. The van der Waals surface area contributed by atoms with E-state index in [4.69, 9.17) is 20.9 Å². The third-order valence-corrected chi connectivity index (χ3v) is 26.6. The van der Waals surface area contributed by atoms with Gasteiger partial charge >= 0.3 is 42.1 Å². The summed E-state index contributed by atoms with van der Waals surface area (Å²) in [6.07, 6.45) is 48.6. The van der Waals surface area contributed by atoms with Crippen LogP contribution in [0, 0.1) is 130 Å². The van der Waals surface area contributed by atoms with Crippen molar-refractivity contribution in [3.63, 3.8) is 0 Å². The summed E-state index contributed by atoms with van der Waals surface area (Å²) < 4.78 is 12.3. The van der Waals surface area contributed by atoms with Gasteiger partial charge in [0.25, 0.3) is 0 Å². The molecule has 0 saturated heterocycles. The van der Waals surface area contributed by atoms with Crippen molar-refractivity contribution < 1.29 is 81.7 Å². The van der Waals surface area contributed by atoms with Gasteiger partial charge in [0.1, 0.15) is 25.1 Å². The summed E-state index contributed by atoms with van der Waals surface area (Å²) in [6.45, 7) is 33.9. The predicted octanol–water partition coefficient (Wildman–Crippen LogP) is 20.1. The Morgan fingerprint density at radius 2 is 0.826 bits per heavy atom. The van der Waals surface area contributed by atoms with E-state index in [0.29, 0.717) is 59.6 Å². The van der Waals surface area contributed by atoms with E-state index in [1.54, 1.807) is 11.1 Å². The van der Waals surface area contributed by atoms with Gasteiger partial charge in [-0.3, -0.25) is 0 Å². The SMILES string of the molecule is C.C.CC(C)CCC[C@@H](C)[C@H]1CC[C@H]2[C@@H]3CC=C4C[C@@H](OCCC(C=O)C=O)CC[C@]4(C)[C@H]3CC[C@]12C.CC(C)CCC[C@@H](C)[C@H]1CC[C@H]2[C@@H]3CC=C4C[C@@H](OCCC(C=O)C=O)CC[C@]4(C)[C@H]3CC[C@]12C.O.O.[CH2-]C1CCCCC1[NH-].[CH2-]C1CCCCC1[NH-].[Pt+2].[Pt+2]. The molecule has 540 valence electrons. The molecular weight excluding hydrogens is 1510 g/mol. The molecule has 4 unspecified atom stereocenters. The first kappa shape index (κ1) is 89.3. The van der Waals surface area contributed by atoms with E-state index >= 15 is 0 Å². The summed E-state index contributed by atoms with van der Waals surface area (Å²) in [5.74, 6) is 10.3. The Kier molecular flexibility index (Phi) is 40.5. The van der Waals surface area contributed by atoms with E-state index in [-0.39, 0.29) is 92.2 Å². The van der Waals surface area contributed by atoms with Gasteiger partial charge in [0.2, 0.25) is 0 Å². The monoisotopic (exact) mass is 1650 g/mol. The molecular formula is C80H142N2O8Pt2. The predicted molar refractivity (Wildman–Crippen MR) is 378 cm³/mol. The molecule has 0 aliphatic heterocycles. The second-order valence-corrected chi connectivity index (χ2v) is 32.8. The third-order valence-electron chi connectivity index (χ3n) is 26.6. The van der Waals surface area contributed by atoms with Crippen LogP contribution in [0.2, 0.25) is 0 Å². The van der Waals surface area contributed by atoms with E-state index in [0.717, 1.165) is 135 Å². The number of rotatable bonds is 22. The normalized spacial score (nSPS) is 37.0. The first-order chi connectivity index (χ1) is 41.1. The molecule has 0 aromatic heterocycles. The number of hydrogen-bond donors (Lipinski definition) is 0. The van der Waals surface area contributed by atoms with Crippen LogP contribution in [0.4, 0.5) is 0 Å². The molecule has 0 spiro atoms. The fraction of sp³-hybridized carbons (Fsp3) is 0.875. The Bertz CT molecular complexity index is 1990. The average molecular weight is 1650 g/mol. The molecule has 10 rings (SSSR count). The molecule has 10 nitrogen and oxygen atoms in total. The largest absolute Gasteiger partial charge is 2.00 e. The second kappa shape index (κ2) is 41.8. The number of carbonyl (C=O) groups is 4. The molecule has 0 radical (unpaired) electrons. The third kappa shape index (κ3) is 22.1. The maximum Gasteiger partial charge on any atom is 2.00 e. The standard InChI is InChI=1S/2C32H52O3.2C7H13N.2CH4.2H2O.2Pt/c2*1-22(2)7-6-8-23(3)28-11-12-29-27-10-9-25-19-26(35-18-15-24(20-33)21-34)13-16-31(25,4)30(27)14-17-32(28,29)5;2*1-6-4-2-3-5-7(6)8;;;;;;/h2*9,20-24,26-30H,6-8,10-19H2,1-5H3;2*6-8H,1-5H2;2*1H4;2*1H2;;/q;;2*-2;;;;;2*+2/t2*23-,26+,27+,28-,29+,30+,31+,32-;;;;;;;;/m11......../s1. The van der Waals surface area contributed by atoms with Crippen molar-refractivity contribution in [2.45, 2.75) is 314 Å². The zero-order valence-corrected chi connectivity index (χ0v) is 63.1. The van der Waals surface area contributed by atoms with E-state index < -0.39 is 11.8 Å². The minimum atomic E-state index is -0.511. The molecule has 12 heteroatoms. The number of aldehydes is 4. The van der Waals surface area contributed by atoms with E-state index in [1.807, 2.05) is 0 Å². The Morgan fingerprint density at radius 3 is 1.13 bits per heavy atom. The molecule has 10 aliphatic rings. The van der Waals surface area contributed by atoms with Crippen LogP contribution in [-0.4, -0.2) is 73.6 Å². The molecule has 10 aliphatic carbocycles. The van der Waals surface area contributed by atoms with Gasteiger partial charge in [0.15, 0.2) is 0 Å². The summed E-state index contributed by atoms with van der Waals surface area (Å²) >= 11 is 0. The summed E-state index contributed by atoms with van der Waals surface area (Å²) in [5.41, 5.74) is 19.9. The van der Waals surface area contributed by atoms with E-state index in [9.17, 15) is 19.2 Å². The summed E-state index contributed by atoms with van der Waals surface area (Å²) in [6, 6.07) is 0.285. The number of nitrogens with one attached hydrogen (secondary N) is 2. The smallest absolute Gasteiger partial charge is 0.677 e. The minimum absolute atomic E-state index is 0. The fourth-order valence-corrected chi connectivity index (χ4v) is 21.1. The van der Waals surface area contributed by atoms with Crippen LogP contribution in [0.25, 0.3) is 11.5 Å². The number of ether oxygens (including phenoxy) is 2. The second-order valence-electron chi connectivity index (χ2n) is 32.8. The number of carbonyl (C=O) groups excluding carboxylic acids is 4. The van der Waals surface area contributed by atoms with Crippen molar-refractivity contribution in [3.05, 3.63) is 48.6 Å². The van der Waals surface area contributed by atoms with E-state index in [2.05, 4.69) is 95.2 Å². The van der Waals surface area contributed by atoms with Crippen LogP contribution in [0.5, 0.6) is 0 Å². The van der Waals surface area contributed by atoms with Crippen molar-refractivity contribution in [3.8, 4) is 0 Å². The van der Waals surface area contributed by atoms with Gasteiger partial charge in [0, 0.05) is 13.2 Å². The molecule has 0 amide bonds. The fourth-order valence-electron chi connectivity index (χ4n) is 21.1.